The van der Waals surface area contributed by atoms with E-state index in [9.17, 15) is 4.79 Å². The molecule has 3 aromatic rings. The first kappa shape index (κ1) is 15.0. The number of hydrogen-bond acceptors (Lipinski definition) is 1. The number of para-hydroxylation sites is 1. The molecular formula is C20H17ClN2O. The molecule has 1 aromatic heterocycles. The number of nitrogens with one attached hydrogen (secondary N) is 1. The van der Waals surface area contributed by atoms with Crippen LogP contribution in [0.15, 0.2) is 48.5 Å². The van der Waals surface area contributed by atoms with E-state index in [1.165, 1.54) is 0 Å². The first-order chi connectivity index (χ1) is 11.6. The van der Waals surface area contributed by atoms with Gasteiger partial charge in [0.1, 0.15) is 0 Å². The van der Waals surface area contributed by atoms with Gasteiger partial charge >= 0.3 is 0 Å². The Bertz CT molecular complexity index is 1000. The molecule has 0 fully saturated rings. The van der Waals surface area contributed by atoms with Crippen LogP contribution in [0, 0.1) is 6.92 Å². The van der Waals surface area contributed by atoms with Crippen molar-refractivity contribution < 1.29 is 4.79 Å². The highest BCUT2D eigenvalue weighted by Gasteiger charge is 2.32. The summed E-state index contributed by atoms with van der Waals surface area (Å²) in [4.78, 5) is 18.0. The minimum Gasteiger partial charge on any atom is -0.358 e. The molecular weight excluding hydrogens is 320 g/mol. The Labute approximate surface area is 145 Å². The fourth-order valence-corrected chi connectivity index (χ4v) is 3.67. The fraction of sp³-hybridized carbons (Fsp3) is 0.150. The summed E-state index contributed by atoms with van der Waals surface area (Å²) in [5.74, 6) is 0.0535. The van der Waals surface area contributed by atoms with Crippen LogP contribution >= 0.6 is 11.6 Å². The number of H-pyrrole nitrogens is 1. The SMILES string of the molecule is Cc1[nH]c2ccccc2c1C1=C(c2cccc(Cl)c2)CN(C)C1=O. The molecule has 0 atom stereocenters. The molecule has 2 heterocycles. The number of aryl methyl sites for hydroxylation is 1. The Kier molecular flexibility index (Phi) is 3.47. The number of aromatic nitrogens is 1. The van der Waals surface area contributed by atoms with Crippen molar-refractivity contribution in [3.8, 4) is 0 Å². The molecule has 2 aromatic carbocycles. The van der Waals surface area contributed by atoms with E-state index in [1.807, 2.05) is 56.4 Å². The van der Waals surface area contributed by atoms with Crippen molar-refractivity contribution in [3.63, 3.8) is 0 Å². The zero-order chi connectivity index (χ0) is 16.8. The zero-order valence-electron chi connectivity index (χ0n) is 13.6. The summed E-state index contributed by atoms with van der Waals surface area (Å²) in [5.41, 5.74) is 5.85. The predicted molar refractivity (Wildman–Crippen MR) is 98.9 cm³/mol. The third-order valence-electron chi connectivity index (χ3n) is 4.57. The van der Waals surface area contributed by atoms with Crippen LogP contribution in [0.5, 0.6) is 0 Å². The number of fused-ring (bicyclic) bond motifs is 1. The van der Waals surface area contributed by atoms with Crippen molar-refractivity contribution >= 4 is 39.6 Å². The molecule has 0 radical (unpaired) electrons. The molecule has 24 heavy (non-hydrogen) atoms. The lowest BCUT2D eigenvalue weighted by molar-refractivity contribution is -0.122. The molecule has 0 unspecified atom stereocenters. The lowest BCUT2D eigenvalue weighted by Gasteiger charge is -2.08. The number of halogens is 1. The Hall–Kier alpha value is -2.52. The number of nitrogens with zero attached hydrogens (tertiary/aromatic N) is 1. The highest BCUT2D eigenvalue weighted by molar-refractivity contribution is 6.33. The maximum Gasteiger partial charge on any atom is 0.254 e. The van der Waals surface area contributed by atoms with Crippen LogP contribution in [0.3, 0.4) is 0 Å². The van der Waals surface area contributed by atoms with Gasteiger partial charge in [0, 0.05) is 40.8 Å². The van der Waals surface area contributed by atoms with E-state index in [1.54, 1.807) is 4.90 Å². The van der Waals surface area contributed by atoms with Crippen LogP contribution in [0.2, 0.25) is 5.02 Å². The minimum absolute atomic E-state index is 0.0535. The van der Waals surface area contributed by atoms with E-state index in [4.69, 9.17) is 11.6 Å². The Balaban J connectivity index is 2.03. The summed E-state index contributed by atoms with van der Waals surface area (Å²) in [5, 5.41) is 1.75. The van der Waals surface area contributed by atoms with Gasteiger partial charge in [0.05, 0.1) is 5.57 Å². The lowest BCUT2D eigenvalue weighted by atomic mass is 9.95. The van der Waals surface area contributed by atoms with Gasteiger partial charge in [-0.15, -0.1) is 0 Å². The maximum absolute atomic E-state index is 12.9. The first-order valence-electron chi connectivity index (χ1n) is 7.88. The van der Waals surface area contributed by atoms with Crippen LogP contribution < -0.4 is 0 Å². The van der Waals surface area contributed by atoms with Crippen molar-refractivity contribution in [2.24, 2.45) is 0 Å². The largest absolute Gasteiger partial charge is 0.358 e. The summed E-state index contributed by atoms with van der Waals surface area (Å²) in [7, 11) is 1.84. The molecule has 0 aliphatic carbocycles. The lowest BCUT2D eigenvalue weighted by Crippen LogP contribution is -2.21. The van der Waals surface area contributed by atoms with Crippen LogP contribution in [-0.2, 0) is 4.79 Å². The number of carbonyl (C=O) groups is 1. The Morgan fingerprint density at radius 2 is 1.92 bits per heavy atom. The quantitative estimate of drug-likeness (QED) is 0.734. The molecule has 4 heteroatoms. The zero-order valence-corrected chi connectivity index (χ0v) is 14.3. The van der Waals surface area contributed by atoms with Gasteiger partial charge in [-0.3, -0.25) is 4.79 Å². The van der Waals surface area contributed by atoms with Gasteiger partial charge in [-0.05, 0) is 36.3 Å². The number of carbonyl (C=O) groups excluding carboxylic acids is 1. The van der Waals surface area contributed by atoms with Gasteiger partial charge in [-0.25, -0.2) is 0 Å². The van der Waals surface area contributed by atoms with Crippen molar-refractivity contribution in [1.82, 2.24) is 9.88 Å². The van der Waals surface area contributed by atoms with Crippen LogP contribution in [0.1, 0.15) is 16.8 Å². The van der Waals surface area contributed by atoms with Gasteiger partial charge in [-0.2, -0.15) is 0 Å². The smallest absolute Gasteiger partial charge is 0.254 e. The second-order valence-corrected chi connectivity index (χ2v) is 6.63. The second-order valence-electron chi connectivity index (χ2n) is 6.20. The highest BCUT2D eigenvalue weighted by atomic mass is 35.5. The minimum atomic E-state index is 0.0535. The summed E-state index contributed by atoms with van der Waals surface area (Å²) in [6.45, 7) is 2.61. The summed E-state index contributed by atoms with van der Waals surface area (Å²) < 4.78 is 0. The molecule has 4 rings (SSSR count). The molecule has 3 nitrogen and oxygen atoms in total. The number of likely N-dealkylation sites (N-methyl/N-ethyl adjacent to an activating group) is 1. The molecule has 0 spiro atoms. The van der Waals surface area contributed by atoms with Gasteiger partial charge in [0.2, 0.25) is 0 Å². The first-order valence-corrected chi connectivity index (χ1v) is 8.26. The third-order valence-corrected chi connectivity index (χ3v) is 4.81. The van der Waals surface area contributed by atoms with E-state index in [0.29, 0.717) is 11.6 Å². The van der Waals surface area contributed by atoms with Gasteiger partial charge in [0.15, 0.2) is 0 Å². The summed E-state index contributed by atoms with van der Waals surface area (Å²) in [6, 6.07) is 15.8. The summed E-state index contributed by atoms with van der Waals surface area (Å²) in [6.07, 6.45) is 0. The fourth-order valence-electron chi connectivity index (χ4n) is 3.48. The van der Waals surface area contributed by atoms with Crippen molar-refractivity contribution in [2.75, 3.05) is 13.6 Å². The monoisotopic (exact) mass is 336 g/mol. The number of amides is 1. The number of benzene rings is 2. The van der Waals surface area contributed by atoms with E-state index in [0.717, 1.165) is 38.9 Å². The molecule has 1 aliphatic rings. The number of rotatable bonds is 2. The van der Waals surface area contributed by atoms with Crippen molar-refractivity contribution in [2.45, 2.75) is 6.92 Å². The summed E-state index contributed by atoms with van der Waals surface area (Å²) >= 11 is 6.17. The van der Waals surface area contributed by atoms with E-state index in [2.05, 4.69) is 11.1 Å². The molecule has 120 valence electrons. The number of aromatic amines is 1. The molecule has 1 aliphatic heterocycles. The van der Waals surface area contributed by atoms with Crippen LogP contribution in [-0.4, -0.2) is 29.4 Å². The third kappa shape index (κ3) is 2.24. The molecule has 0 saturated heterocycles. The van der Waals surface area contributed by atoms with E-state index >= 15 is 0 Å². The van der Waals surface area contributed by atoms with Crippen molar-refractivity contribution in [3.05, 3.63) is 70.4 Å². The highest BCUT2D eigenvalue weighted by Crippen LogP contribution is 2.39. The van der Waals surface area contributed by atoms with Gasteiger partial charge < -0.3 is 9.88 Å². The standard InChI is InChI=1S/C20H17ClN2O/c1-12-18(15-8-3-4-9-17(15)22-12)19-16(11-23(2)20(19)24)13-6-5-7-14(21)10-13/h3-10,22H,11H2,1-2H3. The van der Waals surface area contributed by atoms with Crippen LogP contribution in [0.25, 0.3) is 22.0 Å². The maximum atomic E-state index is 12.9. The molecule has 1 amide bonds. The van der Waals surface area contributed by atoms with E-state index in [-0.39, 0.29) is 5.91 Å². The number of hydrogen-bond donors (Lipinski definition) is 1. The second kappa shape index (κ2) is 5.53. The van der Waals surface area contributed by atoms with Crippen LogP contribution in [0.4, 0.5) is 0 Å². The normalized spacial score (nSPS) is 15.0. The van der Waals surface area contributed by atoms with Gasteiger partial charge in [0.25, 0.3) is 5.91 Å². The average molecular weight is 337 g/mol. The topological polar surface area (TPSA) is 36.1 Å². The molecule has 0 bridgehead atoms. The molecule has 0 saturated carbocycles. The van der Waals surface area contributed by atoms with E-state index < -0.39 is 0 Å². The average Bonchev–Trinajstić information content (AvgIpc) is 3.04. The van der Waals surface area contributed by atoms with Crippen molar-refractivity contribution in [1.29, 1.82) is 0 Å². The Morgan fingerprint density at radius 1 is 1.12 bits per heavy atom. The predicted octanol–water partition coefficient (Wildman–Crippen LogP) is 4.51. The molecule has 1 N–H and O–H groups in total. The van der Waals surface area contributed by atoms with Gasteiger partial charge in [-0.1, -0.05) is 41.9 Å². The Morgan fingerprint density at radius 3 is 2.71 bits per heavy atom.